The van der Waals surface area contributed by atoms with E-state index >= 15 is 0 Å². The molecule has 36 heavy (non-hydrogen) atoms. The van der Waals surface area contributed by atoms with Crippen LogP contribution in [0.2, 0.25) is 0 Å². The van der Waals surface area contributed by atoms with E-state index in [0.29, 0.717) is 11.3 Å². The minimum Gasteiger partial charge on any atom is -0.484 e. The van der Waals surface area contributed by atoms with Crippen molar-refractivity contribution in [3.8, 4) is 5.75 Å². The van der Waals surface area contributed by atoms with Crippen molar-refractivity contribution in [2.75, 3.05) is 6.61 Å². The number of ether oxygens (including phenoxy) is 1. The van der Waals surface area contributed by atoms with Crippen LogP contribution in [0.25, 0.3) is 0 Å². The molecular formula is C29H32BrFN2O3. The minimum absolute atomic E-state index is 0.0593. The number of benzene rings is 3. The number of carbonyl (C=O) groups excluding carboxylic acids is 2. The summed E-state index contributed by atoms with van der Waals surface area (Å²) in [7, 11) is 0. The first-order valence-electron chi connectivity index (χ1n) is 11.9. The number of rotatable bonds is 10. The Hall–Kier alpha value is -3.19. The van der Waals surface area contributed by atoms with Crippen LogP contribution in [0.1, 0.15) is 36.1 Å². The number of amides is 2. The van der Waals surface area contributed by atoms with Gasteiger partial charge in [0.2, 0.25) is 5.91 Å². The fourth-order valence-corrected chi connectivity index (χ4v) is 4.19. The highest BCUT2D eigenvalue weighted by Gasteiger charge is 2.31. The summed E-state index contributed by atoms with van der Waals surface area (Å²) < 4.78 is 21.5. The van der Waals surface area contributed by atoms with Crippen LogP contribution < -0.4 is 10.1 Å². The summed E-state index contributed by atoms with van der Waals surface area (Å²) in [5, 5.41) is 2.92. The predicted octanol–water partition coefficient (Wildman–Crippen LogP) is 5.75. The van der Waals surface area contributed by atoms with Crippen LogP contribution in [0.4, 0.5) is 4.39 Å². The van der Waals surface area contributed by atoms with Crippen LogP contribution in [-0.2, 0) is 22.6 Å². The first kappa shape index (κ1) is 27.4. The van der Waals surface area contributed by atoms with E-state index in [9.17, 15) is 14.0 Å². The van der Waals surface area contributed by atoms with Gasteiger partial charge in [0.25, 0.3) is 5.91 Å². The summed E-state index contributed by atoms with van der Waals surface area (Å²) >= 11 is 3.54. The maximum atomic E-state index is 14.6. The number of nitrogens with one attached hydrogen (secondary N) is 1. The van der Waals surface area contributed by atoms with Gasteiger partial charge in [0, 0.05) is 29.0 Å². The number of nitrogens with zero attached hydrogens (tertiary/aromatic N) is 1. The maximum absolute atomic E-state index is 14.6. The largest absolute Gasteiger partial charge is 0.484 e. The molecule has 3 aromatic rings. The summed E-state index contributed by atoms with van der Waals surface area (Å²) in [6, 6.07) is 18.5. The molecule has 1 unspecified atom stereocenters. The zero-order chi connectivity index (χ0) is 26.2. The second-order valence-electron chi connectivity index (χ2n) is 9.14. The highest BCUT2D eigenvalue weighted by atomic mass is 79.9. The number of halogens is 2. The molecule has 2 amide bonds. The highest BCUT2D eigenvalue weighted by Crippen LogP contribution is 2.26. The molecule has 0 bridgehead atoms. The number of carbonyl (C=O) groups is 2. The van der Waals surface area contributed by atoms with E-state index < -0.39 is 17.8 Å². The molecule has 7 heteroatoms. The van der Waals surface area contributed by atoms with Gasteiger partial charge in [-0.2, -0.15) is 0 Å². The van der Waals surface area contributed by atoms with Gasteiger partial charge in [0.15, 0.2) is 6.61 Å². The van der Waals surface area contributed by atoms with Crippen LogP contribution >= 0.6 is 15.9 Å². The first-order chi connectivity index (χ1) is 17.2. The van der Waals surface area contributed by atoms with Crippen molar-refractivity contribution < 1.29 is 18.7 Å². The monoisotopic (exact) mass is 554 g/mol. The molecule has 0 fully saturated rings. The summed E-state index contributed by atoms with van der Waals surface area (Å²) in [6.45, 7) is 7.28. The summed E-state index contributed by atoms with van der Waals surface area (Å²) in [4.78, 5) is 28.3. The molecule has 0 aliphatic heterocycles. The summed E-state index contributed by atoms with van der Waals surface area (Å²) in [5.74, 6) is -0.582. The molecule has 190 valence electrons. The Kier molecular flexibility index (Phi) is 9.65. The molecule has 1 N–H and O–H groups in total. The van der Waals surface area contributed by atoms with Gasteiger partial charge in [-0.05, 0) is 62.6 Å². The van der Waals surface area contributed by atoms with Gasteiger partial charge >= 0.3 is 0 Å². The Morgan fingerprint density at radius 1 is 1.00 bits per heavy atom. The van der Waals surface area contributed by atoms with E-state index in [0.717, 1.165) is 21.2 Å². The first-order valence-corrected chi connectivity index (χ1v) is 12.7. The summed E-state index contributed by atoms with van der Waals surface area (Å²) in [5.41, 5.74) is 3.20. The van der Waals surface area contributed by atoms with Crippen LogP contribution in [-0.4, -0.2) is 35.4 Å². The normalized spacial score (nSPS) is 11.8. The van der Waals surface area contributed by atoms with Crippen molar-refractivity contribution in [2.24, 2.45) is 0 Å². The Labute approximate surface area is 220 Å². The Bertz CT molecular complexity index is 1180. The number of hydrogen-bond acceptors (Lipinski definition) is 3. The average Bonchev–Trinajstić information content (AvgIpc) is 2.84. The third-order valence-electron chi connectivity index (χ3n) is 5.77. The molecule has 0 spiro atoms. The van der Waals surface area contributed by atoms with Crippen molar-refractivity contribution in [2.45, 2.75) is 52.7 Å². The van der Waals surface area contributed by atoms with Gasteiger partial charge < -0.3 is 15.0 Å². The smallest absolute Gasteiger partial charge is 0.261 e. The zero-order valence-electron chi connectivity index (χ0n) is 21.1. The van der Waals surface area contributed by atoms with Gasteiger partial charge in [0.1, 0.15) is 17.6 Å². The Balaban J connectivity index is 1.93. The molecule has 0 aromatic heterocycles. The summed E-state index contributed by atoms with van der Waals surface area (Å²) in [6.07, 6.45) is 0.288. The second-order valence-corrected chi connectivity index (χ2v) is 9.93. The minimum atomic E-state index is -0.848. The molecule has 0 saturated heterocycles. The van der Waals surface area contributed by atoms with E-state index in [-0.39, 0.29) is 31.5 Å². The molecule has 0 saturated carbocycles. The topological polar surface area (TPSA) is 58.6 Å². The van der Waals surface area contributed by atoms with Crippen LogP contribution in [0.15, 0.2) is 71.2 Å². The molecule has 3 rings (SSSR count). The average molecular weight is 555 g/mol. The van der Waals surface area contributed by atoms with Gasteiger partial charge in [0.05, 0.1) is 0 Å². The van der Waals surface area contributed by atoms with Crippen LogP contribution in [0.5, 0.6) is 5.75 Å². The molecule has 3 aromatic carbocycles. The SMILES string of the molecule is Cc1cc(OCC(=O)N(Cc2ccccc2F)C(Cc2ccccc2)C(=O)NC(C)C)cc(C)c1Br. The second kappa shape index (κ2) is 12.7. The van der Waals surface area contributed by atoms with E-state index in [4.69, 9.17) is 4.74 Å². The van der Waals surface area contributed by atoms with Crippen molar-refractivity contribution in [3.05, 3.63) is 99.3 Å². The third-order valence-corrected chi connectivity index (χ3v) is 7.02. The van der Waals surface area contributed by atoms with E-state index in [1.807, 2.05) is 70.2 Å². The Morgan fingerprint density at radius 3 is 2.22 bits per heavy atom. The van der Waals surface area contributed by atoms with Gasteiger partial charge in [-0.1, -0.05) is 64.5 Å². The fraction of sp³-hybridized carbons (Fsp3) is 0.310. The molecule has 0 aliphatic carbocycles. The maximum Gasteiger partial charge on any atom is 0.261 e. The Morgan fingerprint density at radius 2 is 1.61 bits per heavy atom. The highest BCUT2D eigenvalue weighted by molar-refractivity contribution is 9.10. The van der Waals surface area contributed by atoms with Crippen molar-refractivity contribution in [1.29, 1.82) is 0 Å². The molecule has 5 nitrogen and oxygen atoms in total. The lowest BCUT2D eigenvalue weighted by molar-refractivity contribution is -0.143. The van der Waals surface area contributed by atoms with E-state index in [2.05, 4.69) is 21.2 Å². The molecule has 0 heterocycles. The molecule has 1 atom stereocenters. The zero-order valence-corrected chi connectivity index (χ0v) is 22.6. The standard InChI is InChI=1S/C29H32BrFN2O3/c1-19(2)32-29(35)26(16-22-10-6-5-7-11-22)33(17-23-12-8-9-13-25(23)31)27(34)18-36-24-14-20(3)28(30)21(4)15-24/h5-15,19,26H,16-18H2,1-4H3,(H,32,35). The lowest BCUT2D eigenvalue weighted by Crippen LogP contribution is -2.53. The van der Waals surface area contributed by atoms with E-state index in [1.165, 1.54) is 11.0 Å². The van der Waals surface area contributed by atoms with Gasteiger partial charge in [-0.3, -0.25) is 9.59 Å². The van der Waals surface area contributed by atoms with Gasteiger partial charge in [-0.25, -0.2) is 4.39 Å². The van der Waals surface area contributed by atoms with Crippen molar-refractivity contribution in [3.63, 3.8) is 0 Å². The third kappa shape index (κ3) is 7.40. The predicted molar refractivity (Wildman–Crippen MR) is 143 cm³/mol. The number of aryl methyl sites for hydroxylation is 2. The van der Waals surface area contributed by atoms with Gasteiger partial charge in [-0.15, -0.1) is 0 Å². The van der Waals surface area contributed by atoms with Crippen molar-refractivity contribution in [1.82, 2.24) is 10.2 Å². The van der Waals surface area contributed by atoms with E-state index in [1.54, 1.807) is 18.2 Å². The quantitative estimate of drug-likeness (QED) is 0.347. The fourth-order valence-electron chi connectivity index (χ4n) is 3.96. The molecule has 0 aliphatic rings. The van der Waals surface area contributed by atoms with Crippen LogP contribution in [0, 0.1) is 19.7 Å². The van der Waals surface area contributed by atoms with Crippen molar-refractivity contribution >= 4 is 27.7 Å². The molecular weight excluding hydrogens is 523 g/mol. The van der Waals surface area contributed by atoms with Crippen LogP contribution in [0.3, 0.4) is 0 Å². The lowest BCUT2D eigenvalue weighted by atomic mass is 10.0. The lowest BCUT2D eigenvalue weighted by Gasteiger charge is -2.32. The number of hydrogen-bond donors (Lipinski definition) is 1. The molecule has 0 radical (unpaired) electrons.